The standard InChI is InChI=1S/C10H17NO3/c1-5-8(2)6-9(12)11(3)7-10(13)14-4/h6H,5,7H2,1-4H3/b8-6+. The Morgan fingerprint density at radius 3 is 2.43 bits per heavy atom. The summed E-state index contributed by atoms with van der Waals surface area (Å²) in [4.78, 5) is 23.6. The fourth-order valence-electron chi connectivity index (χ4n) is 0.759. The summed E-state index contributed by atoms with van der Waals surface area (Å²) in [6.07, 6.45) is 2.36. The van der Waals surface area contributed by atoms with Gasteiger partial charge < -0.3 is 9.64 Å². The van der Waals surface area contributed by atoms with Crippen molar-refractivity contribution in [3.8, 4) is 0 Å². The monoisotopic (exact) mass is 199 g/mol. The summed E-state index contributed by atoms with van der Waals surface area (Å²) in [7, 11) is 2.87. The number of carbonyl (C=O) groups excluding carboxylic acids is 2. The van der Waals surface area contributed by atoms with Gasteiger partial charge in [-0.2, -0.15) is 0 Å². The highest BCUT2D eigenvalue weighted by atomic mass is 16.5. The van der Waals surface area contributed by atoms with Gasteiger partial charge in [0.2, 0.25) is 5.91 Å². The smallest absolute Gasteiger partial charge is 0.325 e. The average Bonchev–Trinajstić information content (AvgIpc) is 2.17. The molecule has 0 saturated heterocycles. The summed E-state index contributed by atoms with van der Waals surface area (Å²) in [5, 5.41) is 0. The second-order valence-electron chi connectivity index (χ2n) is 3.11. The molecule has 0 radical (unpaired) electrons. The zero-order chi connectivity index (χ0) is 11.1. The molecular weight excluding hydrogens is 182 g/mol. The Labute approximate surface area is 84.5 Å². The molecule has 0 N–H and O–H groups in total. The van der Waals surface area contributed by atoms with E-state index in [1.807, 2.05) is 13.8 Å². The zero-order valence-electron chi connectivity index (χ0n) is 9.16. The lowest BCUT2D eigenvalue weighted by Crippen LogP contribution is -2.31. The number of ether oxygens (including phenoxy) is 1. The van der Waals surface area contributed by atoms with E-state index in [1.165, 1.54) is 18.1 Å². The molecule has 0 heterocycles. The van der Waals surface area contributed by atoms with Crippen LogP contribution in [0.2, 0.25) is 0 Å². The van der Waals surface area contributed by atoms with Gasteiger partial charge in [-0.25, -0.2) is 0 Å². The summed E-state index contributed by atoms with van der Waals surface area (Å²) in [6.45, 7) is 3.84. The van der Waals surface area contributed by atoms with Crippen molar-refractivity contribution >= 4 is 11.9 Å². The maximum Gasteiger partial charge on any atom is 0.325 e. The van der Waals surface area contributed by atoms with E-state index in [9.17, 15) is 9.59 Å². The molecule has 0 atom stereocenters. The largest absolute Gasteiger partial charge is 0.468 e. The van der Waals surface area contributed by atoms with Crippen LogP contribution in [0.4, 0.5) is 0 Å². The van der Waals surface area contributed by atoms with E-state index >= 15 is 0 Å². The Balaban J connectivity index is 4.19. The summed E-state index contributed by atoms with van der Waals surface area (Å²) >= 11 is 0. The van der Waals surface area contributed by atoms with Crippen molar-refractivity contribution in [1.29, 1.82) is 0 Å². The number of nitrogens with zero attached hydrogens (tertiary/aromatic N) is 1. The van der Waals surface area contributed by atoms with E-state index in [0.29, 0.717) is 0 Å². The highest BCUT2D eigenvalue weighted by molar-refractivity contribution is 5.90. The highest BCUT2D eigenvalue weighted by Crippen LogP contribution is 1.99. The molecule has 4 nitrogen and oxygen atoms in total. The first kappa shape index (κ1) is 12.7. The molecule has 0 aliphatic carbocycles. The van der Waals surface area contributed by atoms with Crippen molar-refractivity contribution in [2.24, 2.45) is 0 Å². The van der Waals surface area contributed by atoms with E-state index in [2.05, 4.69) is 4.74 Å². The van der Waals surface area contributed by atoms with Crippen LogP contribution in [0.3, 0.4) is 0 Å². The van der Waals surface area contributed by atoms with E-state index in [0.717, 1.165) is 12.0 Å². The van der Waals surface area contributed by atoms with E-state index in [4.69, 9.17) is 0 Å². The first-order chi connectivity index (χ1) is 6.51. The lowest BCUT2D eigenvalue weighted by Gasteiger charge is -2.13. The first-order valence-electron chi connectivity index (χ1n) is 4.50. The van der Waals surface area contributed by atoms with Gasteiger partial charge in [0.25, 0.3) is 0 Å². The number of hydrogen-bond donors (Lipinski definition) is 0. The van der Waals surface area contributed by atoms with Crippen LogP contribution in [0.15, 0.2) is 11.6 Å². The molecule has 0 aromatic rings. The molecule has 0 fully saturated rings. The number of hydrogen-bond acceptors (Lipinski definition) is 3. The van der Waals surface area contributed by atoms with Gasteiger partial charge in [-0.1, -0.05) is 12.5 Å². The van der Waals surface area contributed by atoms with Crippen molar-refractivity contribution in [1.82, 2.24) is 4.90 Å². The molecule has 0 saturated carbocycles. The van der Waals surface area contributed by atoms with Gasteiger partial charge in [0.1, 0.15) is 6.54 Å². The number of rotatable bonds is 4. The zero-order valence-corrected chi connectivity index (χ0v) is 9.16. The predicted molar refractivity (Wildman–Crippen MR) is 53.7 cm³/mol. The average molecular weight is 199 g/mol. The minimum Gasteiger partial charge on any atom is -0.468 e. The summed E-state index contributed by atoms with van der Waals surface area (Å²) in [5.74, 6) is -0.585. The molecular formula is C10H17NO3. The van der Waals surface area contributed by atoms with Crippen molar-refractivity contribution in [2.75, 3.05) is 20.7 Å². The Bertz CT molecular complexity index is 246. The van der Waals surface area contributed by atoms with Crippen molar-refractivity contribution in [3.63, 3.8) is 0 Å². The van der Waals surface area contributed by atoms with Crippen molar-refractivity contribution in [2.45, 2.75) is 20.3 Å². The fourth-order valence-corrected chi connectivity index (χ4v) is 0.759. The van der Waals surface area contributed by atoms with E-state index in [1.54, 1.807) is 7.05 Å². The molecule has 0 rings (SSSR count). The van der Waals surface area contributed by atoms with Crippen LogP contribution in [0.5, 0.6) is 0 Å². The van der Waals surface area contributed by atoms with Crippen molar-refractivity contribution in [3.05, 3.63) is 11.6 Å². The topological polar surface area (TPSA) is 46.6 Å². The minimum atomic E-state index is -0.414. The second kappa shape index (κ2) is 6.18. The minimum absolute atomic E-state index is 0.0111. The number of carbonyl (C=O) groups is 2. The quantitative estimate of drug-likeness (QED) is 0.500. The van der Waals surface area contributed by atoms with Gasteiger partial charge >= 0.3 is 5.97 Å². The van der Waals surface area contributed by atoms with Gasteiger partial charge in [-0.3, -0.25) is 9.59 Å². The third kappa shape index (κ3) is 4.64. The molecule has 0 aliphatic rings. The number of esters is 1. The molecule has 80 valence electrons. The maximum absolute atomic E-state index is 11.4. The van der Waals surface area contributed by atoms with Gasteiger partial charge in [-0.05, 0) is 13.3 Å². The number of amides is 1. The Hall–Kier alpha value is -1.32. The van der Waals surface area contributed by atoms with Crippen LogP contribution in [0, 0.1) is 0 Å². The highest BCUT2D eigenvalue weighted by Gasteiger charge is 2.10. The molecule has 1 amide bonds. The van der Waals surface area contributed by atoms with Crippen LogP contribution in [0.1, 0.15) is 20.3 Å². The molecule has 0 aliphatic heterocycles. The number of allylic oxidation sites excluding steroid dienone is 1. The Morgan fingerprint density at radius 2 is 2.00 bits per heavy atom. The van der Waals surface area contributed by atoms with Gasteiger partial charge in [-0.15, -0.1) is 0 Å². The third-order valence-electron chi connectivity index (χ3n) is 1.90. The third-order valence-corrected chi connectivity index (χ3v) is 1.90. The van der Waals surface area contributed by atoms with Gasteiger partial charge in [0.05, 0.1) is 7.11 Å². The summed E-state index contributed by atoms with van der Waals surface area (Å²) in [5.41, 5.74) is 0.992. The van der Waals surface area contributed by atoms with Crippen molar-refractivity contribution < 1.29 is 14.3 Å². The fraction of sp³-hybridized carbons (Fsp3) is 0.600. The van der Waals surface area contributed by atoms with Gasteiger partial charge in [0.15, 0.2) is 0 Å². The molecule has 0 aromatic heterocycles. The molecule has 0 unspecified atom stereocenters. The van der Waals surface area contributed by atoms with Crippen LogP contribution < -0.4 is 0 Å². The molecule has 0 spiro atoms. The second-order valence-corrected chi connectivity index (χ2v) is 3.11. The van der Waals surface area contributed by atoms with Gasteiger partial charge in [0, 0.05) is 13.1 Å². The van der Waals surface area contributed by atoms with E-state index < -0.39 is 5.97 Å². The number of likely N-dealkylation sites (N-methyl/N-ethyl adjacent to an activating group) is 1. The maximum atomic E-state index is 11.4. The first-order valence-corrected chi connectivity index (χ1v) is 4.50. The van der Waals surface area contributed by atoms with E-state index in [-0.39, 0.29) is 12.5 Å². The summed E-state index contributed by atoms with van der Waals surface area (Å²) < 4.78 is 4.45. The summed E-state index contributed by atoms with van der Waals surface area (Å²) in [6, 6.07) is 0. The lowest BCUT2D eigenvalue weighted by atomic mass is 10.2. The lowest BCUT2D eigenvalue weighted by molar-refractivity contribution is -0.144. The van der Waals surface area contributed by atoms with Crippen LogP contribution >= 0.6 is 0 Å². The predicted octanol–water partition coefficient (Wildman–Crippen LogP) is 0.974. The molecule has 0 bridgehead atoms. The normalized spacial score (nSPS) is 11.0. The molecule has 0 aromatic carbocycles. The van der Waals surface area contributed by atoms with Crippen LogP contribution in [-0.2, 0) is 14.3 Å². The molecule has 4 heteroatoms. The number of methoxy groups -OCH3 is 1. The Morgan fingerprint density at radius 1 is 1.43 bits per heavy atom. The SMILES string of the molecule is CC/C(C)=C/C(=O)N(C)CC(=O)OC. The Kier molecular flexibility index (Phi) is 5.60. The van der Waals surface area contributed by atoms with Crippen LogP contribution in [-0.4, -0.2) is 37.5 Å². The molecule has 14 heavy (non-hydrogen) atoms. The van der Waals surface area contributed by atoms with Crippen LogP contribution in [0.25, 0.3) is 0 Å².